The molecule has 3 nitrogen and oxygen atoms in total. The first-order chi connectivity index (χ1) is 17.4. The lowest BCUT2D eigenvalue weighted by molar-refractivity contribution is 1.22. The van der Waals surface area contributed by atoms with Gasteiger partial charge in [0.2, 0.25) is 0 Å². The van der Waals surface area contributed by atoms with E-state index >= 15 is 0 Å². The Morgan fingerprint density at radius 3 is 2.17 bits per heavy atom. The van der Waals surface area contributed by atoms with E-state index < -0.39 is 0 Å². The Balaban J connectivity index is 1.64. The topological polar surface area (TPSA) is 30.2 Å². The molecule has 0 spiro atoms. The van der Waals surface area contributed by atoms with Crippen molar-refractivity contribution in [2.24, 2.45) is 0 Å². The third-order valence-electron chi connectivity index (χ3n) is 8.07. The van der Waals surface area contributed by atoms with Crippen molar-refractivity contribution in [3.05, 3.63) is 113 Å². The minimum absolute atomic E-state index is 0.941. The molecule has 0 aliphatic heterocycles. The van der Waals surface area contributed by atoms with Crippen molar-refractivity contribution >= 4 is 38.5 Å². The van der Waals surface area contributed by atoms with Gasteiger partial charge < -0.3 is 0 Å². The molecule has 0 fully saturated rings. The van der Waals surface area contributed by atoms with Gasteiger partial charge in [0.05, 0.1) is 11.0 Å². The maximum atomic E-state index is 5.24. The Morgan fingerprint density at radius 2 is 1.31 bits per heavy atom. The number of para-hydroxylation sites is 2. The number of imidazole rings is 1. The molecule has 0 N–H and O–H groups in total. The Bertz CT molecular complexity index is 2060. The van der Waals surface area contributed by atoms with Crippen LogP contribution in [0.2, 0.25) is 0 Å². The summed E-state index contributed by atoms with van der Waals surface area (Å²) in [4.78, 5) is 10.2. The molecular weight excluding hydrogens is 426 g/mol. The van der Waals surface area contributed by atoms with Gasteiger partial charge in [0, 0.05) is 22.4 Å². The van der Waals surface area contributed by atoms with Crippen LogP contribution in [0.4, 0.5) is 0 Å². The summed E-state index contributed by atoms with van der Waals surface area (Å²) in [6.45, 7) is 0. The van der Waals surface area contributed by atoms with E-state index in [2.05, 4.69) is 89.3 Å². The second-order valence-electron chi connectivity index (χ2n) is 9.76. The summed E-state index contributed by atoms with van der Waals surface area (Å²) in [5, 5.41) is 3.79. The second-order valence-corrected chi connectivity index (χ2v) is 9.76. The molecular formula is C32H19N3. The Kier molecular flexibility index (Phi) is 3.14. The van der Waals surface area contributed by atoms with Crippen molar-refractivity contribution in [1.82, 2.24) is 14.4 Å². The predicted octanol–water partition coefficient (Wildman–Crippen LogP) is 7.33. The van der Waals surface area contributed by atoms with Crippen molar-refractivity contribution in [1.29, 1.82) is 0 Å². The molecule has 0 bridgehead atoms. The predicted molar refractivity (Wildman–Crippen MR) is 142 cm³/mol. The molecule has 0 saturated carbocycles. The smallest absolute Gasteiger partial charge is 0.147 e. The molecule has 0 unspecified atom stereocenters. The molecule has 162 valence electrons. The third-order valence-corrected chi connectivity index (χ3v) is 8.07. The van der Waals surface area contributed by atoms with Crippen molar-refractivity contribution in [3.8, 4) is 22.3 Å². The summed E-state index contributed by atoms with van der Waals surface area (Å²) in [6, 6.07) is 30.6. The van der Waals surface area contributed by atoms with Crippen molar-refractivity contribution in [2.45, 2.75) is 12.8 Å². The highest BCUT2D eigenvalue weighted by Gasteiger charge is 2.33. The summed E-state index contributed by atoms with van der Waals surface area (Å²) >= 11 is 0. The minimum Gasteiger partial charge on any atom is -0.276 e. The lowest BCUT2D eigenvalue weighted by atomic mass is 9.88. The van der Waals surface area contributed by atoms with Gasteiger partial charge in [0.25, 0.3) is 0 Å². The maximum absolute atomic E-state index is 5.24. The van der Waals surface area contributed by atoms with Gasteiger partial charge in [-0.05, 0) is 81.6 Å². The Morgan fingerprint density at radius 1 is 0.600 bits per heavy atom. The van der Waals surface area contributed by atoms with Crippen molar-refractivity contribution in [3.63, 3.8) is 0 Å². The lowest BCUT2D eigenvalue weighted by Gasteiger charge is -2.18. The zero-order chi connectivity index (χ0) is 22.7. The molecule has 4 aromatic carbocycles. The average Bonchev–Trinajstić information content (AvgIpc) is 3.59. The van der Waals surface area contributed by atoms with Crippen LogP contribution in [0.5, 0.6) is 0 Å². The van der Waals surface area contributed by atoms with Crippen LogP contribution in [0.15, 0.2) is 91.1 Å². The van der Waals surface area contributed by atoms with Crippen LogP contribution in [-0.2, 0) is 12.8 Å². The van der Waals surface area contributed by atoms with Crippen LogP contribution in [0, 0.1) is 0 Å². The number of rotatable bonds is 0. The fourth-order valence-corrected chi connectivity index (χ4v) is 6.75. The van der Waals surface area contributed by atoms with Crippen molar-refractivity contribution in [2.75, 3.05) is 0 Å². The Labute approximate surface area is 201 Å². The highest BCUT2D eigenvalue weighted by Crippen LogP contribution is 2.54. The van der Waals surface area contributed by atoms with Gasteiger partial charge in [-0.25, -0.2) is 9.97 Å². The van der Waals surface area contributed by atoms with Gasteiger partial charge >= 0.3 is 0 Å². The number of nitrogens with zero attached hydrogens (tertiary/aromatic N) is 3. The van der Waals surface area contributed by atoms with Crippen LogP contribution in [0.1, 0.15) is 22.3 Å². The number of benzene rings is 4. The summed E-state index contributed by atoms with van der Waals surface area (Å²) in [7, 11) is 0. The van der Waals surface area contributed by atoms with Gasteiger partial charge in [-0.3, -0.25) is 4.40 Å². The van der Waals surface area contributed by atoms with Gasteiger partial charge in [-0.15, -0.1) is 0 Å². The highest BCUT2D eigenvalue weighted by atomic mass is 15.1. The monoisotopic (exact) mass is 445 g/mol. The molecule has 0 amide bonds. The van der Waals surface area contributed by atoms with Gasteiger partial charge in [-0.2, -0.15) is 0 Å². The van der Waals surface area contributed by atoms with E-state index in [4.69, 9.17) is 9.97 Å². The van der Waals surface area contributed by atoms with Crippen LogP contribution in [0.3, 0.4) is 0 Å². The van der Waals surface area contributed by atoms with Crippen LogP contribution in [-0.4, -0.2) is 14.4 Å². The zero-order valence-electron chi connectivity index (χ0n) is 18.9. The normalized spacial score (nSPS) is 13.5. The first-order valence-electron chi connectivity index (χ1n) is 12.2. The molecule has 3 heteroatoms. The lowest BCUT2D eigenvalue weighted by Crippen LogP contribution is -1.99. The summed E-state index contributed by atoms with van der Waals surface area (Å²) in [5.74, 6) is 0. The molecule has 3 heterocycles. The first kappa shape index (κ1) is 17.9. The number of hydrogen-bond acceptors (Lipinski definition) is 2. The number of aromatic nitrogens is 3. The average molecular weight is 446 g/mol. The standard InChI is InChI=1S/C32H19N3/c1-3-10-20-18(8-1)17-24-27(20)23-16-19-9-2-4-11-21(19)28(23)29-22-12-7-15-33-31(22)35-26-14-6-5-13-25(26)34-32(35)30(24)29/h1-15H,16-17H2. The van der Waals surface area contributed by atoms with E-state index in [1.54, 1.807) is 0 Å². The van der Waals surface area contributed by atoms with E-state index in [-0.39, 0.29) is 0 Å². The first-order valence-corrected chi connectivity index (χ1v) is 12.2. The van der Waals surface area contributed by atoms with E-state index in [1.165, 1.54) is 60.7 Å². The zero-order valence-corrected chi connectivity index (χ0v) is 18.9. The van der Waals surface area contributed by atoms with Gasteiger partial charge in [0.15, 0.2) is 0 Å². The molecule has 9 rings (SSSR count). The number of hydrogen-bond donors (Lipinski definition) is 0. The van der Waals surface area contributed by atoms with Gasteiger partial charge in [0.1, 0.15) is 11.3 Å². The molecule has 3 aromatic heterocycles. The summed E-state index contributed by atoms with van der Waals surface area (Å²) in [5.41, 5.74) is 15.3. The van der Waals surface area contributed by atoms with Crippen LogP contribution >= 0.6 is 0 Å². The molecule has 2 aliphatic carbocycles. The molecule has 0 atom stereocenters. The molecule has 0 saturated heterocycles. The fraction of sp³-hybridized carbons (Fsp3) is 0.0625. The molecule has 7 aromatic rings. The molecule has 0 radical (unpaired) electrons. The SMILES string of the molecule is c1ccc2c(c1)Cc1c-2c2c(c3c4cccnc4n4c5ccccc5nc4c13)-c1ccccc1C2. The minimum atomic E-state index is 0.941. The van der Waals surface area contributed by atoms with E-state index in [9.17, 15) is 0 Å². The van der Waals surface area contributed by atoms with E-state index in [1.807, 2.05) is 6.20 Å². The number of fused-ring (bicyclic) bond motifs is 17. The van der Waals surface area contributed by atoms with E-state index in [0.717, 1.165) is 35.2 Å². The fourth-order valence-electron chi connectivity index (χ4n) is 6.75. The second kappa shape index (κ2) is 6.13. The maximum Gasteiger partial charge on any atom is 0.147 e. The highest BCUT2D eigenvalue weighted by molar-refractivity contribution is 6.23. The van der Waals surface area contributed by atoms with Crippen LogP contribution < -0.4 is 0 Å². The van der Waals surface area contributed by atoms with Gasteiger partial charge in [-0.1, -0.05) is 60.7 Å². The van der Waals surface area contributed by atoms with E-state index in [0.29, 0.717) is 0 Å². The molecule has 35 heavy (non-hydrogen) atoms. The number of pyridine rings is 2. The summed E-state index contributed by atoms with van der Waals surface area (Å²) in [6.07, 6.45) is 3.82. The Hall–Kier alpha value is -4.50. The van der Waals surface area contributed by atoms with Crippen molar-refractivity contribution < 1.29 is 0 Å². The third kappa shape index (κ3) is 2.08. The largest absolute Gasteiger partial charge is 0.276 e. The quantitative estimate of drug-likeness (QED) is 0.229. The molecule has 2 aliphatic rings. The van der Waals surface area contributed by atoms with Crippen LogP contribution in [0.25, 0.3) is 60.7 Å². The summed E-state index contributed by atoms with van der Waals surface area (Å²) < 4.78 is 2.28.